The van der Waals surface area contributed by atoms with Crippen LogP contribution < -0.4 is 0 Å². The van der Waals surface area contributed by atoms with E-state index < -0.39 is 5.60 Å². The minimum atomic E-state index is -0.789. The minimum Gasteiger partial charge on any atom is -0.384 e. The van der Waals surface area contributed by atoms with Gasteiger partial charge >= 0.3 is 0 Å². The third-order valence-electron chi connectivity index (χ3n) is 2.90. The Labute approximate surface area is 105 Å². The topological polar surface area (TPSA) is 26.7 Å². The summed E-state index contributed by atoms with van der Waals surface area (Å²) in [7, 11) is 6.16. The molecular weight excluding hydrogens is 212 g/mol. The number of aliphatic hydroxyl groups is 1. The monoisotopic (exact) mass is 236 g/mol. The minimum absolute atomic E-state index is 0.644. The maximum Gasteiger partial charge on any atom is 0.0994 e. The highest BCUT2D eigenvalue weighted by Crippen LogP contribution is 2.20. The van der Waals surface area contributed by atoms with Crippen LogP contribution in [0.2, 0.25) is 0 Å². The van der Waals surface area contributed by atoms with E-state index in [-0.39, 0.29) is 0 Å². The molecule has 1 N–H and O–H groups in total. The van der Waals surface area contributed by atoms with Gasteiger partial charge in [0, 0.05) is 19.6 Å². The molecule has 0 saturated heterocycles. The van der Waals surface area contributed by atoms with Crippen LogP contribution in [0.4, 0.5) is 0 Å². The van der Waals surface area contributed by atoms with Gasteiger partial charge in [0.25, 0.3) is 0 Å². The average Bonchev–Trinajstić information content (AvgIpc) is 2.27. The predicted octanol–water partition coefficient (Wildman–Crippen LogP) is 1.39. The van der Waals surface area contributed by atoms with Gasteiger partial charge in [-0.25, -0.2) is 0 Å². The molecule has 17 heavy (non-hydrogen) atoms. The van der Waals surface area contributed by atoms with Gasteiger partial charge in [-0.05, 0) is 33.6 Å². The third kappa shape index (κ3) is 4.86. The molecule has 0 bridgehead atoms. The Hall–Kier alpha value is -0.900. The molecule has 1 rings (SSSR count). The van der Waals surface area contributed by atoms with Gasteiger partial charge in [-0.3, -0.25) is 0 Å². The summed E-state index contributed by atoms with van der Waals surface area (Å²) in [4.78, 5) is 4.31. The first-order valence-electron chi connectivity index (χ1n) is 6.03. The molecule has 1 atom stereocenters. The van der Waals surface area contributed by atoms with Gasteiger partial charge in [0.15, 0.2) is 0 Å². The van der Waals surface area contributed by atoms with E-state index in [1.165, 1.54) is 0 Å². The fraction of sp³-hybridized carbons (Fsp3) is 0.571. The van der Waals surface area contributed by atoms with Crippen molar-refractivity contribution in [1.82, 2.24) is 9.80 Å². The van der Waals surface area contributed by atoms with Crippen LogP contribution in [0.15, 0.2) is 30.3 Å². The number of rotatable bonds is 6. The van der Waals surface area contributed by atoms with Crippen LogP contribution in [-0.4, -0.2) is 55.7 Å². The Kier molecular flexibility index (Phi) is 5.12. The van der Waals surface area contributed by atoms with E-state index in [4.69, 9.17) is 0 Å². The zero-order chi connectivity index (χ0) is 12.9. The maximum atomic E-state index is 10.5. The second kappa shape index (κ2) is 6.15. The van der Waals surface area contributed by atoms with Crippen molar-refractivity contribution in [1.29, 1.82) is 0 Å². The average molecular weight is 236 g/mol. The van der Waals surface area contributed by atoms with Gasteiger partial charge in [0.1, 0.15) is 0 Å². The van der Waals surface area contributed by atoms with E-state index in [1.807, 2.05) is 44.3 Å². The molecule has 0 aromatic heterocycles. The van der Waals surface area contributed by atoms with Crippen molar-refractivity contribution >= 4 is 0 Å². The summed E-state index contributed by atoms with van der Waals surface area (Å²) in [5.74, 6) is 0. The first-order valence-corrected chi connectivity index (χ1v) is 6.03. The van der Waals surface area contributed by atoms with Crippen molar-refractivity contribution in [2.75, 3.05) is 40.8 Å². The normalized spacial score (nSPS) is 15.2. The smallest absolute Gasteiger partial charge is 0.0994 e. The maximum absolute atomic E-state index is 10.5. The molecule has 96 valence electrons. The molecule has 0 radical (unpaired) electrons. The second-order valence-electron chi connectivity index (χ2n) is 5.18. The summed E-state index contributed by atoms with van der Waals surface area (Å²) in [5.41, 5.74) is 0.180. The van der Waals surface area contributed by atoms with Crippen molar-refractivity contribution in [3.8, 4) is 0 Å². The van der Waals surface area contributed by atoms with Gasteiger partial charge < -0.3 is 14.9 Å². The lowest BCUT2D eigenvalue weighted by Crippen LogP contribution is -2.39. The van der Waals surface area contributed by atoms with Crippen LogP contribution in [0.25, 0.3) is 0 Å². The lowest BCUT2D eigenvalue weighted by molar-refractivity contribution is 0.0221. The number of hydrogen-bond acceptors (Lipinski definition) is 3. The molecule has 0 spiro atoms. The summed E-state index contributed by atoms with van der Waals surface area (Å²) in [6.45, 7) is 4.47. The van der Waals surface area contributed by atoms with Crippen molar-refractivity contribution in [3.63, 3.8) is 0 Å². The van der Waals surface area contributed by atoms with Crippen molar-refractivity contribution in [2.45, 2.75) is 12.5 Å². The SMILES string of the molecule is CN(C)CCN(C)CC(C)(O)c1ccccc1. The Morgan fingerprint density at radius 3 is 2.18 bits per heavy atom. The van der Waals surface area contributed by atoms with Gasteiger partial charge in [-0.15, -0.1) is 0 Å². The van der Waals surface area contributed by atoms with Crippen LogP contribution in [0.3, 0.4) is 0 Å². The zero-order valence-corrected chi connectivity index (χ0v) is 11.3. The van der Waals surface area contributed by atoms with E-state index in [0.29, 0.717) is 6.54 Å². The highest BCUT2D eigenvalue weighted by molar-refractivity contribution is 5.21. The zero-order valence-electron chi connectivity index (χ0n) is 11.3. The first kappa shape index (κ1) is 14.2. The van der Waals surface area contributed by atoms with Crippen LogP contribution >= 0.6 is 0 Å². The third-order valence-corrected chi connectivity index (χ3v) is 2.90. The Bertz CT molecular complexity index is 322. The first-order chi connectivity index (χ1) is 7.92. The van der Waals surface area contributed by atoms with E-state index in [1.54, 1.807) is 0 Å². The largest absolute Gasteiger partial charge is 0.384 e. The standard InChI is InChI=1S/C14H24N2O/c1-14(17,13-8-6-5-7-9-13)12-16(4)11-10-15(2)3/h5-9,17H,10-12H2,1-4H3. The lowest BCUT2D eigenvalue weighted by atomic mass is 9.95. The molecule has 3 nitrogen and oxygen atoms in total. The molecule has 0 aliphatic carbocycles. The highest BCUT2D eigenvalue weighted by atomic mass is 16.3. The van der Waals surface area contributed by atoms with Gasteiger partial charge in [-0.1, -0.05) is 30.3 Å². The summed E-state index contributed by atoms with van der Waals surface area (Å²) < 4.78 is 0. The molecule has 0 fully saturated rings. The molecular formula is C14H24N2O. The van der Waals surface area contributed by atoms with E-state index in [0.717, 1.165) is 18.7 Å². The summed E-state index contributed by atoms with van der Waals surface area (Å²) in [5, 5.41) is 10.5. The number of nitrogens with zero attached hydrogens (tertiary/aromatic N) is 2. The van der Waals surface area contributed by atoms with Gasteiger partial charge in [0.05, 0.1) is 5.60 Å². The van der Waals surface area contributed by atoms with Crippen molar-refractivity contribution in [3.05, 3.63) is 35.9 Å². The quantitative estimate of drug-likeness (QED) is 0.808. The Morgan fingerprint density at radius 1 is 1.06 bits per heavy atom. The fourth-order valence-electron chi connectivity index (χ4n) is 1.86. The number of hydrogen-bond donors (Lipinski definition) is 1. The van der Waals surface area contributed by atoms with Crippen molar-refractivity contribution < 1.29 is 5.11 Å². The number of likely N-dealkylation sites (N-methyl/N-ethyl adjacent to an activating group) is 2. The van der Waals surface area contributed by atoms with E-state index in [9.17, 15) is 5.11 Å². The molecule has 0 aliphatic rings. The number of benzene rings is 1. The summed E-state index contributed by atoms with van der Waals surface area (Å²) in [6, 6.07) is 9.84. The Morgan fingerprint density at radius 2 is 1.65 bits per heavy atom. The molecule has 1 aromatic carbocycles. The van der Waals surface area contributed by atoms with Crippen LogP contribution in [0.1, 0.15) is 12.5 Å². The predicted molar refractivity (Wildman–Crippen MR) is 72.1 cm³/mol. The van der Waals surface area contributed by atoms with Gasteiger partial charge in [-0.2, -0.15) is 0 Å². The summed E-state index contributed by atoms with van der Waals surface area (Å²) in [6.07, 6.45) is 0. The van der Waals surface area contributed by atoms with Gasteiger partial charge in [0.2, 0.25) is 0 Å². The van der Waals surface area contributed by atoms with E-state index in [2.05, 4.69) is 23.9 Å². The summed E-state index contributed by atoms with van der Waals surface area (Å²) >= 11 is 0. The molecule has 0 heterocycles. The molecule has 1 unspecified atom stereocenters. The van der Waals surface area contributed by atoms with Crippen molar-refractivity contribution in [2.24, 2.45) is 0 Å². The molecule has 0 aliphatic heterocycles. The lowest BCUT2D eigenvalue weighted by Gasteiger charge is -2.30. The fourth-order valence-corrected chi connectivity index (χ4v) is 1.86. The van der Waals surface area contributed by atoms with Crippen LogP contribution in [-0.2, 0) is 5.60 Å². The van der Waals surface area contributed by atoms with Crippen LogP contribution in [0, 0.1) is 0 Å². The molecule has 0 saturated carbocycles. The van der Waals surface area contributed by atoms with E-state index >= 15 is 0 Å². The highest BCUT2D eigenvalue weighted by Gasteiger charge is 2.24. The Balaban J connectivity index is 2.54. The molecule has 3 heteroatoms. The molecule has 0 amide bonds. The van der Waals surface area contributed by atoms with Crippen LogP contribution in [0.5, 0.6) is 0 Å². The second-order valence-corrected chi connectivity index (χ2v) is 5.18. The molecule has 1 aromatic rings.